The van der Waals surface area contributed by atoms with Crippen molar-refractivity contribution < 1.29 is 5.11 Å². The van der Waals surface area contributed by atoms with E-state index in [0.717, 1.165) is 12.0 Å². The maximum absolute atomic E-state index is 9.99. The summed E-state index contributed by atoms with van der Waals surface area (Å²) in [6.07, 6.45) is 0.913. The molecular weight excluding hydrogens is 148 g/mol. The predicted molar refractivity (Wildman–Crippen MR) is 48.9 cm³/mol. The molecule has 0 spiro atoms. The lowest BCUT2D eigenvalue weighted by molar-refractivity contribution is 0.134. The summed E-state index contributed by atoms with van der Waals surface area (Å²) in [4.78, 5) is 0. The largest absolute Gasteiger partial charge is 0.385 e. The van der Waals surface area contributed by atoms with Gasteiger partial charge in [-0.2, -0.15) is 0 Å². The number of aliphatic hydroxyl groups is 1. The second-order valence-corrected chi connectivity index (χ2v) is 3.90. The van der Waals surface area contributed by atoms with E-state index in [2.05, 4.69) is 26.0 Å². The molecule has 0 aliphatic heterocycles. The topological polar surface area (TPSA) is 20.2 Å². The molecule has 2 atom stereocenters. The molecule has 1 aromatic carbocycles. The van der Waals surface area contributed by atoms with Crippen LogP contribution in [0.15, 0.2) is 24.3 Å². The highest BCUT2D eigenvalue weighted by Crippen LogP contribution is 2.51. The van der Waals surface area contributed by atoms with Crippen LogP contribution in [-0.4, -0.2) is 5.11 Å². The zero-order valence-corrected chi connectivity index (χ0v) is 7.54. The average molecular weight is 162 g/mol. The molecule has 0 radical (unpaired) electrons. The van der Waals surface area contributed by atoms with E-state index in [4.69, 9.17) is 0 Å². The molecule has 0 bridgehead atoms. The molecule has 2 unspecified atom stereocenters. The zero-order chi connectivity index (χ0) is 8.77. The van der Waals surface area contributed by atoms with Crippen molar-refractivity contribution in [3.63, 3.8) is 0 Å². The fourth-order valence-corrected chi connectivity index (χ4v) is 1.72. The fourth-order valence-electron chi connectivity index (χ4n) is 1.72. The van der Waals surface area contributed by atoms with E-state index in [1.807, 2.05) is 12.1 Å². The molecule has 1 nitrogen and oxygen atoms in total. The van der Waals surface area contributed by atoms with Crippen molar-refractivity contribution in [1.82, 2.24) is 0 Å². The number of hydrogen-bond donors (Lipinski definition) is 1. The third kappa shape index (κ3) is 1.05. The van der Waals surface area contributed by atoms with E-state index in [-0.39, 0.29) is 0 Å². The maximum Gasteiger partial charge on any atom is 0.0926 e. The highest BCUT2D eigenvalue weighted by Gasteiger charge is 2.50. The number of rotatable bonds is 1. The molecule has 0 aromatic heterocycles. The number of benzene rings is 1. The summed E-state index contributed by atoms with van der Waals surface area (Å²) in [5.74, 6) is 0.430. The molecule has 1 heteroatoms. The van der Waals surface area contributed by atoms with Crippen LogP contribution in [0.3, 0.4) is 0 Å². The maximum atomic E-state index is 9.99. The summed E-state index contributed by atoms with van der Waals surface area (Å²) in [6.45, 7) is 4.14. The van der Waals surface area contributed by atoms with Gasteiger partial charge in [-0.05, 0) is 24.8 Å². The van der Waals surface area contributed by atoms with Crippen molar-refractivity contribution >= 4 is 0 Å². The first-order valence-electron chi connectivity index (χ1n) is 4.42. The van der Waals surface area contributed by atoms with Gasteiger partial charge in [0, 0.05) is 0 Å². The van der Waals surface area contributed by atoms with Gasteiger partial charge in [-0.25, -0.2) is 0 Å². The van der Waals surface area contributed by atoms with Crippen LogP contribution in [0.5, 0.6) is 0 Å². The van der Waals surface area contributed by atoms with Crippen LogP contribution in [0.1, 0.15) is 24.5 Å². The van der Waals surface area contributed by atoms with E-state index in [0.29, 0.717) is 5.92 Å². The first-order valence-corrected chi connectivity index (χ1v) is 4.42. The number of hydrogen-bond acceptors (Lipinski definition) is 1. The standard InChI is InChI=1S/C11H14O/c1-8-4-3-5-10(6-8)11(12)7-9(11)2/h3-6,9,12H,7H2,1-2H3. The van der Waals surface area contributed by atoms with E-state index >= 15 is 0 Å². The van der Waals surface area contributed by atoms with Crippen molar-refractivity contribution in [2.75, 3.05) is 0 Å². The third-order valence-electron chi connectivity index (χ3n) is 2.79. The van der Waals surface area contributed by atoms with Crippen molar-refractivity contribution in [3.05, 3.63) is 35.4 Å². The minimum absolute atomic E-state index is 0.430. The van der Waals surface area contributed by atoms with E-state index < -0.39 is 5.60 Å². The molecule has 1 N–H and O–H groups in total. The van der Waals surface area contributed by atoms with Crippen LogP contribution in [0.4, 0.5) is 0 Å². The van der Waals surface area contributed by atoms with Crippen molar-refractivity contribution in [2.24, 2.45) is 5.92 Å². The Morgan fingerprint density at radius 1 is 1.50 bits per heavy atom. The molecule has 1 aliphatic carbocycles. The summed E-state index contributed by atoms with van der Waals surface area (Å²) in [7, 11) is 0. The van der Waals surface area contributed by atoms with Crippen molar-refractivity contribution in [2.45, 2.75) is 25.9 Å². The Kier molecular flexibility index (Phi) is 1.52. The van der Waals surface area contributed by atoms with Gasteiger partial charge >= 0.3 is 0 Å². The van der Waals surface area contributed by atoms with Crippen molar-refractivity contribution in [3.8, 4) is 0 Å². The van der Waals surface area contributed by atoms with Gasteiger partial charge < -0.3 is 5.11 Å². The molecule has 0 saturated heterocycles. The quantitative estimate of drug-likeness (QED) is 0.671. The lowest BCUT2D eigenvalue weighted by Gasteiger charge is -2.09. The zero-order valence-electron chi connectivity index (χ0n) is 7.54. The van der Waals surface area contributed by atoms with E-state index in [1.54, 1.807) is 0 Å². The Morgan fingerprint density at radius 2 is 2.17 bits per heavy atom. The third-order valence-corrected chi connectivity index (χ3v) is 2.79. The van der Waals surface area contributed by atoms with Gasteiger partial charge in [-0.1, -0.05) is 36.8 Å². The Labute approximate surface area is 73.0 Å². The minimum Gasteiger partial charge on any atom is -0.385 e. The van der Waals surface area contributed by atoms with Crippen LogP contribution in [-0.2, 0) is 5.60 Å². The predicted octanol–water partition coefficient (Wildman–Crippen LogP) is 2.22. The summed E-state index contributed by atoms with van der Waals surface area (Å²) in [6, 6.07) is 8.15. The molecular formula is C11H14O. The Morgan fingerprint density at radius 3 is 2.67 bits per heavy atom. The van der Waals surface area contributed by atoms with Gasteiger partial charge in [0.25, 0.3) is 0 Å². The molecule has 2 rings (SSSR count). The summed E-state index contributed by atoms with van der Waals surface area (Å²) in [5.41, 5.74) is 1.79. The van der Waals surface area contributed by atoms with Crippen LogP contribution in [0.25, 0.3) is 0 Å². The van der Waals surface area contributed by atoms with Gasteiger partial charge in [0.1, 0.15) is 0 Å². The van der Waals surface area contributed by atoms with Crippen LogP contribution >= 0.6 is 0 Å². The highest BCUT2D eigenvalue weighted by atomic mass is 16.3. The van der Waals surface area contributed by atoms with Gasteiger partial charge in [0.15, 0.2) is 0 Å². The molecule has 0 amide bonds. The van der Waals surface area contributed by atoms with Crippen LogP contribution in [0, 0.1) is 12.8 Å². The van der Waals surface area contributed by atoms with Crippen LogP contribution < -0.4 is 0 Å². The minimum atomic E-state index is -0.508. The lowest BCUT2D eigenvalue weighted by atomic mass is 10.0. The van der Waals surface area contributed by atoms with Gasteiger partial charge in [-0.3, -0.25) is 0 Å². The molecule has 64 valence electrons. The lowest BCUT2D eigenvalue weighted by Crippen LogP contribution is -2.07. The molecule has 1 aromatic rings. The molecule has 12 heavy (non-hydrogen) atoms. The van der Waals surface area contributed by atoms with Gasteiger partial charge in [0.05, 0.1) is 5.60 Å². The SMILES string of the molecule is Cc1cccc(C2(O)CC2C)c1. The van der Waals surface area contributed by atoms with E-state index in [1.165, 1.54) is 5.56 Å². The van der Waals surface area contributed by atoms with Gasteiger partial charge in [0.2, 0.25) is 0 Å². The summed E-state index contributed by atoms with van der Waals surface area (Å²) in [5, 5.41) is 9.99. The second-order valence-electron chi connectivity index (χ2n) is 3.90. The highest BCUT2D eigenvalue weighted by molar-refractivity contribution is 5.32. The van der Waals surface area contributed by atoms with Crippen LogP contribution in [0.2, 0.25) is 0 Å². The first-order chi connectivity index (χ1) is 5.63. The smallest absolute Gasteiger partial charge is 0.0926 e. The molecule has 1 fully saturated rings. The van der Waals surface area contributed by atoms with Crippen molar-refractivity contribution in [1.29, 1.82) is 0 Å². The van der Waals surface area contributed by atoms with Gasteiger partial charge in [-0.15, -0.1) is 0 Å². The fraction of sp³-hybridized carbons (Fsp3) is 0.455. The molecule has 1 saturated carbocycles. The Bertz CT molecular complexity index is 306. The molecule has 0 heterocycles. The monoisotopic (exact) mass is 162 g/mol. The first kappa shape index (κ1) is 7.81. The summed E-state index contributed by atoms with van der Waals surface area (Å²) < 4.78 is 0. The Balaban J connectivity index is 2.36. The normalized spacial score (nSPS) is 33.4. The number of aryl methyl sites for hydroxylation is 1. The van der Waals surface area contributed by atoms with E-state index in [9.17, 15) is 5.11 Å². The molecule has 1 aliphatic rings. The summed E-state index contributed by atoms with van der Waals surface area (Å²) >= 11 is 0. The Hall–Kier alpha value is -0.820. The second kappa shape index (κ2) is 2.33. The average Bonchev–Trinajstić information content (AvgIpc) is 2.61.